The number of carbonyl (C=O) groups excluding carboxylic acids is 2. The van der Waals surface area contributed by atoms with Crippen LogP contribution in [0.5, 0.6) is 0 Å². The molecule has 29 heavy (non-hydrogen) atoms. The lowest BCUT2D eigenvalue weighted by Crippen LogP contribution is -2.31. The van der Waals surface area contributed by atoms with Gasteiger partial charge in [-0.1, -0.05) is 41.7 Å². The van der Waals surface area contributed by atoms with Crippen molar-refractivity contribution in [1.82, 2.24) is 14.5 Å². The molecule has 10 heteroatoms. The number of aromatic nitrogens is 2. The fourth-order valence-corrected chi connectivity index (χ4v) is 5.78. The smallest absolute Gasteiger partial charge is 0.269 e. The van der Waals surface area contributed by atoms with Gasteiger partial charge >= 0.3 is 0 Å². The minimum absolute atomic E-state index is 0.107. The van der Waals surface area contributed by atoms with Gasteiger partial charge in [0.05, 0.1) is 5.56 Å². The van der Waals surface area contributed by atoms with Gasteiger partial charge in [-0.3, -0.25) is 14.9 Å². The molecule has 2 aromatic carbocycles. The molecular weight excluding hydrogens is 412 g/mol. The van der Waals surface area contributed by atoms with Crippen LogP contribution in [-0.2, 0) is 10.0 Å². The third-order valence-corrected chi connectivity index (χ3v) is 7.52. The molecule has 2 amide bonds. The third-order valence-electron chi connectivity index (χ3n) is 4.76. The highest BCUT2D eigenvalue weighted by Gasteiger charge is 2.48. The molecule has 1 aliphatic carbocycles. The van der Waals surface area contributed by atoms with Crippen LogP contribution < -0.4 is 5.32 Å². The predicted molar refractivity (Wildman–Crippen MR) is 106 cm³/mol. The molecule has 1 aliphatic heterocycles. The Balaban J connectivity index is 1.40. The molecule has 0 saturated heterocycles. The maximum Gasteiger partial charge on any atom is 0.269 e. The summed E-state index contributed by atoms with van der Waals surface area (Å²) >= 11 is 1.21. The van der Waals surface area contributed by atoms with E-state index in [0.717, 1.165) is 9.87 Å². The lowest BCUT2D eigenvalue weighted by Gasteiger charge is -2.13. The largest absolute Gasteiger partial charge is 0.296 e. The average molecular weight is 426 g/mol. The van der Waals surface area contributed by atoms with E-state index in [0.29, 0.717) is 23.0 Å². The number of fused-ring (bicyclic) bond motifs is 1. The molecule has 5 rings (SSSR count). The van der Waals surface area contributed by atoms with Gasteiger partial charge in [0.15, 0.2) is 0 Å². The lowest BCUT2D eigenvalue weighted by atomic mass is 10.1. The molecule has 0 spiro atoms. The summed E-state index contributed by atoms with van der Waals surface area (Å²) in [5.41, 5.74) is 1.12. The number of hydrogen-bond acceptors (Lipinski definition) is 7. The van der Waals surface area contributed by atoms with E-state index in [4.69, 9.17) is 0 Å². The molecule has 8 nitrogen and oxygen atoms in total. The lowest BCUT2D eigenvalue weighted by molar-refractivity contribution is 0.0864. The van der Waals surface area contributed by atoms with Gasteiger partial charge in [0.1, 0.15) is 9.90 Å². The molecule has 0 bridgehead atoms. The molecule has 2 heterocycles. The van der Waals surface area contributed by atoms with Crippen LogP contribution in [-0.4, -0.2) is 40.8 Å². The Kier molecular flexibility index (Phi) is 4.00. The number of amides is 2. The fourth-order valence-electron chi connectivity index (χ4n) is 3.20. The first kappa shape index (κ1) is 18.0. The van der Waals surface area contributed by atoms with Crippen molar-refractivity contribution in [3.8, 4) is 10.6 Å². The van der Waals surface area contributed by atoms with Crippen molar-refractivity contribution >= 4 is 38.3 Å². The average Bonchev–Trinajstić information content (AvgIpc) is 3.39. The summed E-state index contributed by atoms with van der Waals surface area (Å²) in [5.74, 6) is -1.04. The number of rotatable bonds is 4. The molecule has 3 aromatic rings. The van der Waals surface area contributed by atoms with Crippen molar-refractivity contribution in [3.63, 3.8) is 0 Å². The van der Waals surface area contributed by atoms with Crippen molar-refractivity contribution in [2.45, 2.75) is 23.8 Å². The summed E-state index contributed by atoms with van der Waals surface area (Å²) < 4.78 is 26.4. The zero-order valence-electron chi connectivity index (χ0n) is 14.9. The minimum atomic E-state index is -3.91. The molecule has 0 unspecified atom stereocenters. The third kappa shape index (κ3) is 3.00. The van der Waals surface area contributed by atoms with Crippen LogP contribution in [0.25, 0.3) is 10.6 Å². The number of carbonyl (C=O) groups is 2. The monoisotopic (exact) mass is 426 g/mol. The topological polar surface area (TPSA) is 109 Å². The number of benzene rings is 2. The number of nitrogens with zero attached hydrogens (tertiary/aromatic N) is 3. The van der Waals surface area contributed by atoms with Crippen LogP contribution in [0.4, 0.5) is 5.13 Å². The second-order valence-corrected chi connectivity index (χ2v) is 9.54. The van der Waals surface area contributed by atoms with E-state index in [2.05, 4.69) is 15.5 Å². The Morgan fingerprint density at radius 3 is 2.59 bits per heavy atom. The van der Waals surface area contributed by atoms with Crippen LogP contribution in [0, 0.1) is 0 Å². The normalized spacial score (nSPS) is 17.2. The predicted octanol–water partition coefficient (Wildman–Crippen LogP) is 2.76. The van der Waals surface area contributed by atoms with Crippen LogP contribution in [0.15, 0.2) is 53.4 Å². The molecule has 1 saturated carbocycles. The summed E-state index contributed by atoms with van der Waals surface area (Å²) in [6.07, 6.45) is 1.35. The molecule has 1 fully saturated rings. The Morgan fingerprint density at radius 2 is 1.86 bits per heavy atom. The van der Waals surface area contributed by atoms with Crippen molar-refractivity contribution in [2.24, 2.45) is 0 Å². The molecule has 0 radical (unpaired) electrons. The summed E-state index contributed by atoms with van der Waals surface area (Å²) in [7, 11) is -3.91. The number of nitrogens with one attached hydrogen (secondary N) is 1. The van der Waals surface area contributed by atoms with Gasteiger partial charge in [-0.15, -0.1) is 10.2 Å². The van der Waals surface area contributed by atoms with E-state index in [1.807, 2.05) is 30.3 Å². The summed E-state index contributed by atoms with van der Waals surface area (Å²) in [6.45, 7) is 0. The van der Waals surface area contributed by atoms with Crippen molar-refractivity contribution in [2.75, 3.05) is 5.32 Å². The molecule has 0 atom stereocenters. The molecule has 1 N–H and O–H groups in total. The Hall–Kier alpha value is -3.11. The van der Waals surface area contributed by atoms with E-state index >= 15 is 0 Å². The zero-order chi connectivity index (χ0) is 20.2. The summed E-state index contributed by atoms with van der Waals surface area (Å²) in [5, 5.41) is 11.6. The highest BCUT2D eigenvalue weighted by Crippen LogP contribution is 2.39. The quantitative estimate of drug-likeness (QED) is 0.687. The van der Waals surface area contributed by atoms with Crippen LogP contribution in [0.2, 0.25) is 0 Å². The Bertz CT molecular complexity index is 1250. The highest BCUT2D eigenvalue weighted by atomic mass is 32.2. The number of sulfonamides is 1. The Labute approximate surface area is 170 Å². The first-order valence-electron chi connectivity index (χ1n) is 8.88. The SMILES string of the molecule is O=C(Nc1nnc(-c2ccccc2)s1)c1ccc2c(c1)S(=O)(=O)N(C1CC1)C2=O. The van der Waals surface area contributed by atoms with Crippen molar-refractivity contribution < 1.29 is 18.0 Å². The first-order valence-corrected chi connectivity index (χ1v) is 11.1. The Morgan fingerprint density at radius 1 is 1.10 bits per heavy atom. The van der Waals surface area contributed by atoms with Crippen molar-refractivity contribution in [1.29, 1.82) is 0 Å². The molecule has 2 aliphatic rings. The standard InChI is InChI=1S/C19H14N4O4S2/c24-16(20-19-22-21-17(28-19)11-4-2-1-3-5-11)12-6-9-14-15(10-12)29(26,27)23(18(14)25)13-7-8-13/h1-6,9-10,13H,7-8H2,(H,20,22,24). The number of hydrogen-bond donors (Lipinski definition) is 1. The number of anilines is 1. The zero-order valence-corrected chi connectivity index (χ0v) is 16.5. The van der Waals surface area contributed by atoms with Gasteiger partial charge in [-0.2, -0.15) is 0 Å². The van der Waals surface area contributed by atoms with Crippen LogP contribution >= 0.6 is 11.3 Å². The maximum absolute atomic E-state index is 12.7. The minimum Gasteiger partial charge on any atom is -0.296 e. The van der Waals surface area contributed by atoms with E-state index < -0.39 is 21.8 Å². The summed E-state index contributed by atoms with van der Waals surface area (Å²) in [6, 6.07) is 13.2. The second kappa shape index (κ2) is 6.46. The van der Waals surface area contributed by atoms with Gasteiger partial charge in [0.2, 0.25) is 5.13 Å². The van der Waals surface area contributed by atoms with Gasteiger partial charge in [-0.05, 0) is 31.0 Å². The van der Waals surface area contributed by atoms with Crippen molar-refractivity contribution in [3.05, 3.63) is 59.7 Å². The van der Waals surface area contributed by atoms with Gasteiger partial charge in [0, 0.05) is 17.2 Å². The van der Waals surface area contributed by atoms with E-state index in [-0.39, 0.29) is 22.1 Å². The first-order chi connectivity index (χ1) is 13.9. The highest BCUT2D eigenvalue weighted by molar-refractivity contribution is 7.90. The molecule has 146 valence electrons. The molecule has 1 aromatic heterocycles. The van der Waals surface area contributed by atoms with E-state index in [1.54, 1.807) is 0 Å². The maximum atomic E-state index is 12.7. The van der Waals surface area contributed by atoms with E-state index in [1.165, 1.54) is 29.5 Å². The van der Waals surface area contributed by atoms with E-state index in [9.17, 15) is 18.0 Å². The van der Waals surface area contributed by atoms with Crippen LogP contribution in [0.1, 0.15) is 33.6 Å². The van der Waals surface area contributed by atoms with Gasteiger partial charge < -0.3 is 0 Å². The van der Waals surface area contributed by atoms with Gasteiger partial charge in [0.25, 0.3) is 21.8 Å². The van der Waals surface area contributed by atoms with Gasteiger partial charge in [-0.25, -0.2) is 12.7 Å². The van der Waals surface area contributed by atoms with Crippen LogP contribution in [0.3, 0.4) is 0 Å². The fraction of sp³-hybridized carbons (Fsp3) is 0.158. The molecular formula is C19H14N4O4S2. The summed E-state index contributed by atoms with van der Waals surface area (Å²) in [4.78, 5) is 24.9. The second-order valence-electron chi connectivity index (χ2n) is 6.78.